The van der Waals surface area contributed by atoms with Crippen LogP contribution < -0.4 is 11.1 Å². The van der Waals surface area contributed by atoms with Gasteiger partial charge in [-0.25, -0.2) is 4.79 Å². The molecule has 0 unspecified atom stereocenters. The summed E-state index contributed by atoms with van der Waals surface area (Å²) in [5.41, 5.74) is 8.06. The predicted molar refractivity (Wildman–Crippen MR) is 81.0 cm³/mol. The van der Waals surface area contributed by atoms with Crippen molar-refractivity contribution in [3.05, 3.63) is 59.7 Å². The van der Waals surface area contributed by atoms with Crippen molar-refractivity contribution in [1.82, 2.24) is 0 Å². The molecule has 2 rings (SSSR count). The number of hydrogen-bond acceptors (Lipinski definition) is 4. The first kappa shape index (κ1) is 14.6. The Hall–Kier alpha value is -2.82. The smallest absolute Gasteiger partial charge is 0.337 e. The van der Waals surface area contributed by atoms with E-state index in [0.29, 0.717) is 16.9 Å². The third-order valence-electron chi connectivity index (χ3n) is 2.88. The number of nitrogens with one attached hydrogen (secondary N) is 1. The second-order valence-corrected chi connectivity index (χ2v) is 4.54. The largest absolute Gasteiger partial charge is 0.465 e. The fraction of sp³-hybridized carbons (Fsp3) is 0.125. The molecule has 0 bridgehead atoms. The average Bonchev–Trinajstić information content (AvgIpc) is 2.46. The highest BCUT2D eigenvalue weighted by atomic mass is 16.5. The molecule has 21 heavy (non-hydrogen) atoms. The molecule has 3 N–H and O–H groups in total. The summed E-state index contributed by atoms with van der Waals surface area (Å²) in [4.78, 5) is 23.4. The minimum absolute atomic E-state index is 0.178. The van der Waals surface area contributed by atoms with E-state index in [4.69, 9.17) is 5.73 Å². The van der Waals surface area contributed by atoms with E-state index in [2.05, 4.69) is 10.1 Å². The van der Waals surface area contributed by atoms with Crippen LogP contribution in [0, 0.1) is 0 Å². The van der Waals surface area contributed by atoms with Crippen LogP contribution in [0.25, 0.3) is 0 Å². The number of hydrogen-bond donors (Lipinski definition) is 2. The SMILES string of the molecule is COC(=O)c1cccc(NC(=O)Cc2cccc(N)c2)c1. The molecule has 0 aliphatic rings. The highest BCUT2D eigenvalue weighted by molar-refractivity contribution is 5.95. The number of esters is 1. The number of amides is 1. The molecule has 0 radical (unpaired) electrons. The highest BCUT2D eigenvalue weighted by Gasteiger charge is 2.08. The molecular weight excluding hydrogens is 268 g/mol. The summed E-state index contributed by atoms with van der Waals surface area (Å²) in [5, 5.41) is 2.74. The third kappa shape index (κ3) is 4.07. The summed E-state index contributed by atoms with van der Waals surface area (Å²) in [6, 6.07) is 13.7. The Bertz CT molecular complexity index is 668. The zero-order chi connectivity index (χ0) is 15.2. The molecular formula is C16H16N2O3. The van der Waals surface area contributed by atoms with Crippen LogP contribution in [0.5, 0.6) is 0 Å². The van der Waals surface area contributed by atoms with E-state index in [1.165, 1.54) is 7.11 Å². The molecule has 5 heteroatoms. The van der Waals surface area contributed by atoms with E-state index >= 15 is 0 Å². The number of rotatable bonds is 4. The highest BCUT2D eigenvalue weighted by Crippen LogP contribution is 2.13. The molecule has 0 fully saturated rings. The summed E-state index contributed by atoms with van der Waals surface area (Å²) in [6.07, 6.45) is 0.216. The lowest BCUT2D eigenvalue weighted by Gasteiger charge is -2.07. The van der Waals surface area contributed by atoms with Crippen molar-refractivity contribution in [2.24, 2.45) is 0 Å². The van der Waals surface area contributed by atoms with Crippen LogP contribution in [-0.4, -0.2) is 19.0 Å². The van der Waals surface area contributed by atoms with Gasteiger partial charge in [0.15, 0.2) is 0 Å². The number of carbonyl (C=O) groups is 2. The topological polar surface area (TPSA) is 81.4 Å². The van der Waals surface area contributed by atoms with Crippen LogP contribution in [0.3, 0.4) is 0 Å². The molecule has 5 nitrogen and oxygen atoms in total. The number of nitrogens with two attached hydrogens (primary N) is 1. The van der Waals surface area contributed by atoms with Gasteiger partial charge >= 0.3 is 5.97 Å². The maximum absolute atomic E-state index is 12.0. The second-order valence-electron chi connectivity index (χ2n) is 4.54. The summed E-state index contributed by atoms with van der Waals surface area (Å²) >= 11 is 0. The average molecular weight is 284 g/mol. The lowest BCUT2D eigenvalue weighted by Crippen LogP contribution is -2.15. The Balaban J connectivity index is 2.04. The summed E-state index contributed by atoms with van der Waals surface area (Å²) in [5.74, 6) is -0.621. The molecule has 2 aromatic carbocycles. The number of methoxy groups -OCH3 is 1. The van der Waals surface area contributed by atoms with Gasteiger partial charge in [-0.1, -0.05) is 18.2 Å². The van der Waals surface area contributed by atoms with Gasteiger partial charge in [0.2, 0.25) is 5.91 Å². The van der Waals surface area contributed by atoms with Gasteiger partial charge in [0.05, 0.1) is 19.1 Å². The fourth-order valence-electron chi connectivity index (χ4n) is 1.94. The normalized spacial score (nSPS) is 9.95. The predicted octanol–water partition coefficient (Wildman–Crippen LogP) is 2.24. The lowest BCUT2D eigenvalue weighted by molar-refractivity contribution is -0.115. The van der Waals surface area contributed by atoms with Crippen LogP contribution >= 0.6 is 0 Å². The van der Waals surface area contributed by atoms with E-state index in [1.54, 1.807) is 42.5 Å². The third-order valence-corrected chi connectivity index (χ3v) is 2.88. The van der Waals surface area contributed by atoms with E-state index < -0.39 is 5.97 Å². The first-order chi connectivity index (χ1) is 10.1. The van der Waals surface area contributed by atoms with E-state index in [9.17, 15) is 9.59 Å². The quantitative estimate of drug-likeness (QED) is 0.666. The monoisotopic (exact) mass is 284 g/mol. The molecule has 2 aromatic rings. The van der Waals surface area contributed by atoms with Crippen molar-refractivity contribution in [3.63, 3.8) is 0 Å². The Morgan fingerprint density at radius 2 is 1.90 bits per heavy atom. The molecule has 0 aliphatic carbocycles. The minimum atomic E-state index is -0.443. The Labute approximate surface area is 122 Å². The molecule has 0 aliphatic heterocycles. The number of nitrogen functional groups attached to an aromatic ring is 1. The Morgan fingerprint density at radius 3 is 2.62 bits per heavy atom. The van der Waals surface area contributed by atoms with Crippen LogP contribution in [0.2, 0.25) is 0 Å². The van der Waals surface area contributed by atoms with E-state index in [0.717, 1.165) is 5.56 Å². The first-order valence-electron chi connectivity index (χ1n) is 6.41. The number of carbonyl (C=O) groups excluding carboxylic acids is 2. The Morgan fingerprint density at radius 1 is 1.14 bits per heavy atom. The van der Waals surface area contributed by atoms with E-state index in [-0.39, 0.29) is 12.3 Å². The molecule has 0 heterocycles. The molecule has 0 aromatic heterocycles. The van der Waals surface area contributed by atoms with Crippen molar-refractivity contribution in [1.29, 1.82) is 0 Å². The van der Waals surface area contributed by atoms with Crippen molar-refractivity contribution < 1.29 is 14.3 Å². The van der Waals surface area contributed by atoms with Crippen molar-refractivity contribution >= 4 is 23.3 Å². The van der Waals surface area contributed by atoms with Gasteiger partial charge in [-0.2, -0.15) is 0 Å². The summed E-state index contributed by atoms with van der Waals surface area (Å²) in [6.45, 7) is 0. The van der Waals surface area contributed by atoms with Crippen LogP contribution in [-0.2, 0) is 16.0 Å². The van der Waals surface area contributed by atoms with Gasteiger partial charge in [-0.3, -0.25) is 4.79 Å². The van der Waals surface area contributed by atoms with Gasteiger partial charge in [-0.15, -0.1) is 0 Å². The molecule has 0 atom stereocenters. The number of anilines is 2. The Kier molecular flexibility index (Phi) is 4.56. The van der Waals surface area contributed by atoms with Crippen molar-refractivity contribution in [2.75, 3.05) is 18.2 Å². The zero-order valence-electron chi connectivity index (χ0n) is 11.6. The van der Waals surface area contributed by atoms with Crippen LogP contribution in [0.15, 0.2) is 48.5 Å². The summed E-state index contributed by atoms with van der Waals surface area (Å²) < 4.78 is 4.64. The number of benzene rings is 2. The molecule has 0 spiro atoms. The van der Waals surface area contributed by atoms with Gasteiger partial charge in [0, 0.05) is 11.4 Å². The van der Waals surface area contributed by atoms with Crippen LogP contribution in [0.4, 0.5) is 11.4 Å². The van der Waals surface area contributed by atoms with Crippen molar-refractivity contribution in [3.8, 4) is 0 Å². The van der Waals surface area contributed by atoms with Gasteiger partial charge in [0.1, 0.15) is 0 Å². The van der Waals surface area contributed by atoms with Gasteiger partial charge in [-0.05, 0) is 35.9 Å². The van der Waals surface area contributed by atoms with Gasteiger partial charge < -0.3 is 15.8 Å². The maximum Gasteiger partial charge on any atom is 0.337 e. The minimum Gasteiger partial charge on any atom is -0.465 e. The van der Waals surface area contributed by atoms with E-state index in [1.807, 2.05) is 6.07 Å². The maximum atomic E-state index is 12.0. The van der Waals surface area contributed by atoms with Crippen LogP contribution in [0.1, 0.15) is 15.9 Å². The molecule has 1 amide bonds. The van der Waals surface area contributed by atoms with Crippen molar-refractivity contribution in [2.45, 2.75) is 6.42 Å². The molecule has 0 saturated carbocycles. The standard InChI is InChI=1S/C16H16N2O3/c1-21-16(20)12-5-3-7-14(10-12)18-15(19)9-11-4-2-6-13(17)8-11/h2-8,10H,9,17H2,1H3,(H,18,19). The summed E-state index contributed by atoms with van der Waals surface area (Å²) in [7, 11) is 1.31. The first-order valence-corrected chi connectivity index (χ1v) is 6.41. The second kappa shape index (κ2) is 6.56. The lowest BCUT2D eigenvalue weighted by atomic mass is 10.1. The molecule has 108 valence electrons. The number of ether oxygens (including phenoxy) is 1. The fourth-order valence-corrected chi connectivity index (χ4v) is 1.94. The van der Waals surface area contributed by atoms with Gasteiger partial charge in [0.25, 0.3) is 0 Å². The zero-order valence-corrected chi connectivity index (χ0v) is 11.6. The molecule has 0 saturated heterocycles.